The smallest absolute Gasteiger partial charge is 0.289 e. The average molecular weight is 401 g/mol. The maximum Gasteiger partial charge on any atom is 0.451 e. The maximum atomic E-state index is 13.2. The lowest BCUT2D eigenvalue weighted by Gasteiger charge is -2.09. The van der Waals surface area contributed by atoms with Crippen molar-refractivity contribution in [3.8, 4) is 11.3 Å². The topological polar surface area (TPSA) is 83.6 Å². The molecule has 1 amide bonds. The molecule has 29 heavy (non-hydrogen) atoms. The van der Waals surface area contributed by atoms with Crippen LogP contribution >= 0.6 is 0 Å². The van der Waals surface area contributed by atoms with Crippen LogP contribution < -0.4 is 5.32 Å². The minimum atomic E-state index is -4.71. The van der Waals surface area contributed by atoms with Crippen molar-refractivity contribution in [2.45, 2.75) is 6.18 Å². The number of para-hydroxylation sites is 1. The van der Waals surface area contributed by atoms with Crippen LogP contribution in [-0.4, -0.2) is 26.1 Å². The number of benzene rings is 2. The lowest BCUT2D eigenvalue weighted by molar-refractivity contribution is -0.144. The lowest BCUT2D eigenvalue weighted by atomic mass is 10.0. The van der Waals surface area contributed by atoms with Gasteiger partial charge in [0.05, 0.1) is 16.8 Å². The fourth-order valence-corrected chi connectivity index (χ4v) is 2.75. The summed E-state index contributed by atoms with van der Waals surface area (Å²) >= 11 is 0. The predicted molar refractivity (Wildman–Crippen MR) is 96.5 cm³/mol. The molecule has 2 aromatic heterocycles. The second kappa shape index (κ2) is 6.97. The first kappa shape index (κ1) is 18.5. The van der Waals surface area contributed by atoms with Gasteiger partial charge >= 0.3 is 6.18 Å². The van der Waals surface area contributed by atoms with Crippen molar-refractivity contribution in [2.75, 3.05) is 5.32 Å². The Morgan fingerprint density at radius 3 is 2.41 bits per heavy atom. The van der Waals surface area contributed by atoms with E-state index in [9.17, 15) is 22.4 Å². The Morgan fingerprint density at radius 1 is 1.00 bits per heavy atom. The molecule has 0 aliphatic heterocycles. The summed E-state index contributed by atoms with van der Waals surface area (Å²) < 4.78 is 51.2. The van der Waals surface area contributed by atoms with Crippen molar-refractivity contribution in [2.24, 2.45) is 0 Å². The van der Waals surface area contributed by atoms with Gasteiger partial charge in [-0.05, 0) is 36.4 Å². The van der Waals surface area contributed by atoms with Crippen LogP contribution in [0.2, 0.25) is 0 Å². The first-order valence-electron chi connectivity index (χ1n) is 8.28. The zero-order chi connectivity index (χ0) is 20.6. The molecule has 0 saturated carbocycles. The van der Waals surface area contributed by atoms with Gasteiger partial charge in [0.25, 0.3) is 5.91 Å². The summed E-state index contributed by atoms with van der Waals surface area (Å²) in [6.07, 6.45) is -4.71. The van der Waals surface area contributed by atoms with Crippen LogP contribution in [0.4, 0.5) is 23.5 Å². The number of nitrogens with one attached hydrogen (secondary N) is 2. The zero-order valence-corrected chi connectivity index (χ0v) is 14.5. The summed E-state index contributed by atoms with van der Waals surface area (Å²) in [5, 5.41) is 7.85. The van der Waals surface area contributed by atoms with Crippen molar-refractivity contribution in [1.82, 2.24) is 20.2 Å². The maximum absolute atomic E-state index is 13.2. The molecule has 146 valence electrons. The number of hydrogen-bond acceptors (Lipinski definition) is 4. The van der Waals surface area contributed by atoms with Gasteiger partial charge < -0.3 is 0 Å². The van der Waals surface area contributed by atoms with E-state index in [4.69, 9.17) is 0 Å². The molecule has 0 unspecified atom stereocenters. The van der Waals surface area contributed by atoms with E-state index in [1.807, 2.05) is 0 Å². The van der Waals surface area contributed by atoms with Crippen LogP contribution in [0.25, 0.3) is 22.2 Å². The van der Waals surface area contributed by atoms with E-state index in [0.717, 1.165) is 0 Å². The molecule has 2 N–H and O–H groups in total. The Kier molecular flexibility index (Phi) is 4.45. The second-order valence-corrected chi connectivity index (χ2v) is 6.04. The third-order valence-electron chi connectivity index (χ3n) is 4.08. The van der Waals surface area contributed by atoms with Gasteiger partial charge in [-0.3, -0.25) is 15.2 Å². The number of carbonyl (C=O) groups excluding carboxylic acids is 1. The van der Waals surface area contributed by atoms with Gasteiger partial charge in [-0.1, -0.05) is 18.2 Å². The van der Waals surface area contributed by atoms with E-state index >= 15 is 0 Å². The van der Waals surface area contributed by atoms with E-state index in [2.05, 4.69) is 20.4 Å². The van der Waals surface area contributed by atoms with Gasteiger partial charge in [-0.2, -0.15) is 18.2 Å². The Hall–Kier alpha value is -3.82. The molecule has 0 aliphatic rings. The van der Waals surface area contributed by atoms with Gasteiger partial charge in [0.1, 0.15) is 5.82 Å². The molecule has 10 heteroatoms. The number of rotatable bonds is 3. The highest BCUT2D eigenvalue weighted by atomic mass is 19.4. The van der Waals surface area contributed by atoms with Crippen molar-refractivity contribution in [1.29, 1.82) is 0 Å². The number of fused-ring (bicyclic) bond motifs is 1. The first-order valence-corrected chi connectivity index (χ1v) is 8.28. The van der Waals surface area contributed by atoms with Crippen molar-refractivity contribution >= 4 is 22.8 Å². The molecule has 2 aromatic carbocycles. The number of carbonyl (C=O) groups is 1. The Balaban J connectivity index is 1.74. The van der Waals surface area contributed by atoms with Crippen LogP contribution in [0.5, 0.6) is 0 Å². The lowest BCUT2D eigenvalue weighted by Crippen LogP contribution is -2.14. The Bertz CT molecular complexity index is 1200. The van der Waals surface area contributed by atoms with Gasteiger partial charge in [0.15, 0.2) is 0 Å². The number of halogens is 4. The molecular formula is C19H11F4N5O. The summed E-state index contributed by atoms with van der Waals surface area (Å²) in [6.45, 7) is 0. The highest BCUT2D eigenvalue weighted by molar-refractivity contribution is 6.12. The first-order chi connectivity index (χ1) is 13.8. The summed E-state index contributed by atoms with van der Waals surface area (Å²) in [7, 11) is 0. The van der Waals surface area contributed by atoms with Crippen molar-refractivity contribution < 1.29 is 22.4 Å². The van der Waals surface area contributed by atoms with Gasteiger partial charge in [0.2, 0.25) is 11.8 Å². The van der Waals surface area contributed by atoms with E-state index < -0.39 is 29.7 Å². The van der Waals surface area contributed by atoms with Gasteiger partial charge in [-0.25, -0.2) is 9.37 Å². The summed E-state index contributed by atoms with van der Waals surface area (Å²) in [6, 6.07) is 13.8. The van der Waals surface area contributed by atoms with Crippen LogP contribution in [0.1, 0.15) is 16.2 Å². The van der Waals surface area contributed by atoms with E-state index in [1.54, 1.807) is 29.4 Å². The summed E-state index contributed by atoms with van der Waals surface area (Å²) in [5.74, 6) is -2.96. The Labute approximate surface area is 160 Å². The van der Waals surface area contributed by atoms with Crippen molar-refractivity contribution in [3.63, 3.8) is 0 Å². The quantitative estimate of drug-likeness (QED) is 0.498. The molecular weight excluding hydrogens is 390 g/mol. The molecule has 0 aliphatic carbocycles. The molecule has 6 nitrogen and oxygen atoms in total. The zero-order valence-electron chi connectivity index (χ0n) is 14.5. The van der Waals surface area contributed by atoms with Crippen LogP contribution in [0, 0.1) is 5.82 Å². The number of nitrogens with zero attached hydrogens (tertiary/aromatic N) is 3. The molecule has 0 saturated heterocycles. The molecule has 4 aromatic rings. The fraction of sp³-hybridized carbons (Fsp3) is 0.0526. The average Bonchev–Trinajstić information content (AvgIpc) is 3.16. The van der Waals surface area contributed by atoms with E-state index in [1.165, 1.54) is 30.3 Å². The molecule has 4 rings (SSSR count). The number of aromatic amines is 1. The largest absolute Gasteiger partial charge is 0.451 e. The molecule has 0 spiro atoms. The summed E-state index contributed by atoms with van der Waals surface area (Å²) in [5.41, 5.74) is 1.63. The number of H-pyrrole nitrogens is 1. The number of hydrogen-bond donors (Lipinski definition) is 2. The molecule has 0 radical (unpaired) electrons. The van der Waals surface area contributed by atoms with Crippen molar-refractivity contribution in [3.05, 3.63) is 71.8 Å². The highest BCUT2D eigenvalue weighted by Gasteiger charge is 2.35. The Morgan fingerprint density at radius 2 is 1.72 bits per heavy atom. The SMILES string of the molecule is O=C(Nc1n[nH]c(C(F)(F)F)n1)c1cc(-c2ccc(F)cc2)nc2ccccc12. The van der Waals surface area contributed by atoms with E-state index in [0.29, 0.717) is 22.2 Å². The van der Waals surface area contributed by atoms with Crippen LogP contribution in [0.15, 0.2) is 54.6 Å². The molecule has 2 heterocycles. The number of aromatic nitrogens is 4. The number of pyridine rings is 1. The van der Waals surface area contributed by atoms with E-state index in [-0.39, 0.29) is 5.56 Å². The number of alkyl halides is 3. The third-order valence-corrected chi connectivity index (χ3v) is 4.08. The molecule has 0 atom stereocenters. The minimum absolute atomic E-state index is 0.160. The monoisotopic (exact) mass is 401 g/mol. The van der Waals surface area contributed by atoms with Crippen LogP contribution in [0.3, 0.4) is 0 Å². The minimum Gasteiger partial charge on any atom is -0.289 e. The third kappa shape index (κ3) is 3.77. The second-order valence-electron chi connectivity index (χ2n) is 6.04. The summed E-state index contributed by atoms with van der Waals surface area (Å²) in [4.78, 5) is 20.5. The number of amides is 1. The molecule has 0 fully saturated rings. The fourth-order valence-electron chi connectivity index (χ4n) is 2.75. The normalized spacial score (nSPS) is 11.6. The highest BCUT2D eigenvalue weighted by Crippen LogP contribution is 2.28. The molecule has 0 bridgehead atoms. The standard InChI is InChI=1S/C19H11F4N5O/c20-11-7-5-10(6-8-11)15-9-13(12-3-1-2-4-14(12)24-15)16(29)25-18-26-17(27-28-18)19(21,22)23/h1-9H,(H2,25,26,27,28,29). The van der Waals surface area contributed by atoms with Gasteiger partial charge in [0, 0.05) is 10.9 Å². The van der Waals surface area contributed by atoms with Gasteiger partial charge in [-0.15, -0.1) is 5.10 Å². The number of anilines is 1. The predicted octanol–water partition coefficient (Wildman–Crippen LogP) is 4.43. The van der Waals surface area contributed by atoms with Crippen LogP contribution in [-0.2, 0) is 6.18 Å².